The van der Waals surface area contributed by atoms with E-state index >= 15 is 0 Å². The van der Waals surface area contributed by atoms with Gasteiger partial charge in [0.2, 0.25) is 5.91 Å². The van der Waals surface area contributed by atoms with Gasteiger partial charge in [-0.25, -0.2) is 0 Å². The van der Waals surface area contributed by atoms with Gasteiger partial charge in [0.05, 0.1) is 0 Å². The predicted molar refractivity (Wildman–Crippen MR) is 119 cm³/mol. The molecule has 1 unspecified atom stereocenters. The van der Waals surface area contributed by atoms with Gasteiger partial charge in [0.25, 0.3) is 0 Å². The number of likely N-dealkylation sites (tertiary alicyclic amines) is 1. The molecule has 29 heavy (non-hydrogen) atoms. The highest BCUT2D eigenvalue weighted by Gasteiger charge is 2.59. The summed E-state index contributed by atoms with van der Waals surface area (Å²) in [7, 11) is 0. The Labute approximate surface area is 180 Å². The average molecular weight is 416 g/mol. The fourth-order valence-corrected chi connectivity index (χ4v) is 6.88. The van der Waals surface area contributed by atoms with Crippen molar-refractivity contribution < 1.29 is 4.79 Å². The molecule has 4 nitrogen and oxygen atoms in total. The minimum absolute atomic E-state index is 0.336. The third-order valence-corrected chi connectivity index (χ3v) is 9.09. The summed E-state index contributed by atoms with van der Waals surface area (Å²) in [6, 6.07) is 4.35. The van der Waals surface area contributed by atoms with E-state index in [1.165, 1.54) is 75.9 Å². The van der Waals surface area contributed by atoms with Crippen LogP contribution in [0.15, 0.2) is 17.5 Å². The van der Waals surface area contributed by atoms with E-state index in [0.717, 1.165) is 38.6 Å². The van der Waals surface area contributed by atoms with Gasteiger partial charge < -0.3 is 9.80 Å². The molecular weight excluding hydrogens is 378 g/mol. The van der Waals surface area contributed by atoms with Crippen molar-refractivity contribution in [2.75, 3.05) is 45.8 Å². The largest absolute Gasteiger partial charge is 0.340 e. The van der Waals surface area contributed by atoms with Crippen LogP contribution in [0.1, 0.15) is 56.2 Å². The number of hydrogen-bond acceptors (Lipinski definition) is 4. The maximum absolute atomic E-state index is 13.2. The van der Waals surface area contributed by atoms with Gasteiger partial charge in [0.15, 0.2) is 0 Å². The molecule has 0 radical (unpaired) electrons. The van der Waals surface area contributed by atoms with E-state index in [9.17, 15) is 4.79 Å². The van der Waals surface area contributed by atoms with E-state index in [4.69, 9.17) is 0 Å². The molecule has 0 aromatic carbocycles. The number of rotatable bonds is 5. The first-order valence-electron chi connectivity index (χ1n) is 12.0. The molecule has 4 fully saturated rings. The lowest BCUT2D eigenvalue weighted by molar-refractivity contribution is -0.135. The Kier molecular flexibility index (Phi) is 5.99. The third-order valence-electron chi connectivity index (χ3n) is 8.22. The second kappa shape index (κ2) is 8.68. The average Bonchev–Trinajstić information content (AvgIpc) is 3.20. The maximum atomic E-state index is 13.2. The minimum atomic E-state index is 0.336. The van der Waals surface area contributed by atoms with Gasteiger partial charge in [-0.2, -0.15) is 0 Å². The summed E-state index contributed by atoms with van der Waals surface area (Å²) in [6.45, 7) is 8.72. The maximum Gasteiger partial charge on any atom is 0.226 e. The molecule has 3 heterocycles. The Morgan fingerprint density at radius 1 is 1.00 bits per heavy atom. The monoisotopic (exact) mass is 415 g/mol. The van der Waals surface area contributed by atoms with E-state index in [2.05, 4.69) is 32.2 Å². The van der Waals surface area contributed by atoms with Crippen LogP contribution < -0.4 is 0 Å². The molecule has 5 heteroatoms. The van der Waals surface area contributed by atoms with Gasteiger partial charge in [-0.1, -0.05) is 25.3 Å². The summed E-state index contributed by atoms with van der Waals surface area (Å²) in [5.41, 5.74) is 0.369. The lowest BCUT2D eigenvalue weighted by atomic mass is 9.86. The number of thiophene rings is 1. The van der Waals surface area contributed by atoms with E-state index in [1.807, 2.05) is 11.3 Å². The summed E-state index contributed by atoms with van der Waals surface area (Å²) in [6.07, 6.45) is 10.9. The van der Waals surface area contributed by atoms with Crippen LogP contribution in [0.2, 0.25) is 0 Å². The molecule has 1 spiro atoms. The summed E-state index contributed by atoms with van der Waals surface area (Å²) in [5, 5.41) is 2.15. The summed E-state index contributed by atoms with van der Waals surface area (Å²) >= 11 is 1.84. The van der Waals surface area contributed by atoms with E-state index < -0.39 is 0 Å². The van der Waals surface area contributed by atoms with E-state index in [-0.39, 0.29) is 0 Å². The number of nitrogens with zero attached hydrogens (tertiary/aromatic N) is 3. The number of hydrogen-bond donors (Lipinski definition) is 0. The molecule has 2 aliphatic heterocycles. The molecule has 5 rings (SSSR count). The zero-order valence-electron chi connectivity index (χ0n) is 17.9. The number of carbonyl (C=O) groups is 1. The SMILES string of the molecule is O=C(C1CC12CCN(CC1CCCCC1)CC2)N1CCN(Cc2cccs2)CC1. The summed E-state index contributed by atoms with van der Waals surface area (Å²) in [4.78, 5) is 22.0. The second-order valence-corrected chi connectivity index (χ2v) is 11.1. The van der Waals surface area contributed by atoms with Crippen molar-refractivity contribution in [1.29, 1.82) is 0 Å². The summed E-state index contributed by atoms with van der Waals surface area (Å²) < 4.78 is 0. The highest BCUT2D eigenvalue weighted by atomic mass is 32.1. The highest BCUT2D eigenvalue weighted by molar-refractivity contribution is 7.09. The number of piperidine rings is 1. The van der Waals surface area contributed by atoms with Crippen molar-refractivity contribution in [2.24, 2.45) is 17.3 Å². The van der Waals surface area contributed by atoms with Crippen LogP contribution in [0.25, 0.3) is 0 Å². The zero-order chi connectivity index (χ0) is 19.7. The quantitative estimate of drug-likeness (QED) is 0.725. The van der Waals surface area contributed by atoms with Crippen LogP contribution in [0, 0.1) is 17.3 Å². The molecule has 1 aromatic rings. The molecule has 1 aromatic heterocycles. The standard InChI is InChI=1S/C24H37N3OS/c28-23(27-14-12-26(13-15-27)19-21-7-4-16-29-21)22-17-24(22)8-10-25(11-9-24)18-20-5-2-1-3-6-20/h4,7,16,20,22H,1-3,5-6,8-15,17-19H2. The molecule has 4 aliphatic rings. The minimum Gasteiger partial charge on any atom is -0.340 e. The first-order valence-corrected chi connectivity index (χ1v) is 12.9. The Morgan fingerprint density at radius 3 is 2.45 bits per heavy atom. The fourth-order valence-electron chi connectivity index (χ4n) is 6.13. The molecule has 2 saturated carbocycles. The fraction of sp³-hybridized carbons (Fsp3) is 0.792. The second-order valence-electron chi connectivity index (χ2n) is 10.1. The van der Waals surface area contributed by atoms with Gasteiger partial charge in [-0.05, 0) is 68.0 Å². The molecule has 1 atom stereocenters. The van der Waals surface area contributed by atoms with Gasteiger partial charge >= 0.3 is 0 Å². The number of amides is 1. The molecule has 160 valence electrons. The molecule has 0 bridgehead atoms. The van der Waals surface area contributed by atoms with Crippen LogP contribution in [0.5, 0.6) is 0 Å². The summed E-state index contributed by atoms with van der Waals surface area (Å²) in [5.74, 6) is 1.75. The van der Waals surface area contributed by atoms with Gasteiger partial charge in [-0.15, -0.1) is 11.3 Å². The van der Waals surface area contributed by atoms with Crippen LogP contribution in [0.4, 0.5) is 0 Å². The predicted octanol–water partition coefficient (Wildman–Crippen LogP) is 4.07. The van der Waals surface area contributed by atoms with Crippen molar-refractivity contribution in [3.05, 3.63) is 22.4 Å². The van der Waals surface area contributed by atoms with Crippen molar-refractivity contribution in [1.82, 2.24) is 14.7 Å². The van der Waals surface area contributed by atoms with Crippen molar-refractivity contribution in [3.8, 4) is 0 Å². The Hall–Kier alpha value is -0.910. The van der Waals surface area contributed by atoms with Crippen LogP contribution in [-0.4, -0.2) is 66.4 Å². The van der Waals surface area contributed by atoms with Gasteiger partial charge in [0, 0.05) is 50.1 Å². The van der Waals surface area contributed by atoms with Gasteiger partial charge in [0.1, 0.15) is 0 Å². The van der Waals surface area contributed by atoms with Crippen LogP contribution in [0.3, 0.4) is 0 Å². The lowest BCUT2D eigenvalue weighted by Crippen LogP contribution is -2.49. The highest BCUT2D eigenvalue weighted by Crippen LogP contribution is 2.60. The molecule has 1 amide bonds. The van der Waals surface area contributed by atoms with Crippen LogP contribution >= 0.6 is 11.3 Å². The first kappa shape index (κ1) is 20.0. The number of carbonyl (C=O) groups excluding carboxylic acids is 1. The Bertz CT molecular complexity index is 668. The molecule has 0 N–H and O–H groups in total. The molecule has 2 saturated heterocycles. The Balaban J connectivity index is 1.05. The van der Waals surface area contributed by atoms with Crippen molar-refractivity contribution >= 4 is 17.2 Å². The smallest absolute Gasteiger partial charge is 0.226 e. The third kappa shape index (κ3) is 4.57. The van der Waals surface area contributed by atoms with Crippen molar-refractivity contribution in [2.45, 2.75) is 57.9 Å². The molecular formula is C24H37N3OS. The topological polar surface area (TPSA) is 26.8 Å². The van der Waals surface area contributed by atoms with E-state index in [0.29, 0.717) is 17.2 Å². The first-order chi connectivity index (χ1) is 14.2. The zero-order valence-corrected chi connectivity index (χ0v) is 18.7. The van der Waals surface area contributed by atoms with Gasteiger partial charge in [-0.3, -0.25) is 9.69 Å². The van der Waals surface area contributed by atoms with E-state index in [1.54, 1.807) is 0 Å². The van der Waals surface area contributed by atoms with Crippen molar-refractivity contribution in [3.63, 3.8) is 0 Å². The molecule has 2 aliphatic carbocycles. The van der Waals surface area contributed by atoms with Crippen LogP contribution in [-0.2, 0) is 11.3 Å². The number of piperazine rings is 1. The Morgan fingerprint density at radius 2 is 1.76 bits per heavy atom. The normalized spacial score (nSPS) is 28.7. The lowest BCUT2D eigenvalue weighted by Gasteiger charge is -2.37.